The number of nitro benzene ring substituents is 1. The summed E-state index contributed by atoms with van der Waals surface area (Å²) in [5.74, 6) is -17.3. The number of amides is 2. The number of alkyl halides is 7. The Bertz CT molecular complexity index is 1620. The van der Waals surface area contributed by atoms with Gasteiger partial charge in [-0.2, -0.15) is 30.7 Å². The first-order valence-corrected chi connectivity index (χ1v) is 13.1. The van der Waals surface area contributed by atoms with E-state index in [-0.39, 0.29) is 40.9 Å². The van der Waals surface area contributed by atoms with Crippen molar-refractivity contribution in [3.8, 4) is 0 Å². The van der Waals surface area contributed by atoms with E-state index in [1.807, 2.05) is 5.32 Å². The Morgan fingerprint density at radius 3 is 2.49 bits per heavy atom. The molecule has 0 radical (unpaired) electrons. The number of methoxy groups -OCH3 is 1. The summed E-state index contributed by atoms with van der Waals surface area (Å²) in [5.41, 5.74) is -3.30. The van der Waals surface area contributed by atoms with Crippen LogP contribution in [0, 0.1) is 15.9 Å². The van der Waals surface area contributed by atoms with Crippen LogP contribution in [0.1, 0.15) is 22.3 Å². The summed E-state index contributed by atoms with van der Waals surface area (Å²) in [7, 11) is 1.50. The number of aromatic nitrogens is 5. The second-order valence-corrected chi connectivity index (χ2v) is 10.3. The fraction of sp³-hybridized carbons (Fsp3) is 0.391. The zero-order valence-electron chi connectivity index (χ0n) is 22.4. The van der Waals surface area contributed by atoms with Crippen molar-refractivity contribution in [2.45, 2.75) is 47.1 Å². The van der Waals surface area contributed by atoms with E-state index in [0.29, 0.717) is 31.3 Å². The molecule has 13 nitrogen and oxygen atoms in total. The number of tetrazole rings is 1. The fourth-order valence-corrected chi connectivity index (χ4v) is 4.85. The normalized spacial score (nSPS) is 15.8. The molecule has 3 aromatic rings. The third-order valence-corrected chi connectivity index (χ3v) is 7.47. The van der Waals surface area contributed by atoms with Crippen LogP contribution in [0.15, 0.2) is 40.5 Å². The van der Waals surface area contributed by atoms with Gasteiger partial charge in [0.1, 0.15) is 6.54 Å². The van der Waals surface area contributed by atoms with Crippen LogP contribution >= 0.6 is 11.8 Å². The predicted octanol–water partition coefficient (Wildman–Crippen LogP) is 4.06. The molecule has 1 aliphatic rings. The van der Waals surface area contributed by atoms with E-state index in [4.69, 9.17) is 4.74 Å². The van der Waals surface area contributed by atoms with Crippen molar-refractivity contribution in [3.05, 3.63) is 57.5 Å². The number of halogens is 8. The average molecular weight is 670 g/mol. The van der Waals surface area contributed by atoms with Gasteiger partial charge in [0.25, 0.3) is 11.6 Å². The molecule has 3 heterocycles. The minimum Gasteiger partial charge on any atom is -0.380 e. The zero-order chi connectivity index (χ0) is 33.3. The zero-order valence-corrected chi connectivity index (χ0v) is 23.2. The number of non-ortho nitro benzene ring substituents is 1. The third kappa shape index (κ3) is 6.79. The van der Waals surface area contributed by atoms with Crippen LogP contribution in [0.4, 0.5) is 46.6 Å². The molecule has 4 rings (SSSR count). The summed E-state index contributed by atoms with van der Waals surface area (Å²) in [6.45, 7) is 0.420. The average Bonchev–Trinajstić information content (AvgIpc) is 3.63. The Kier molecular flexibility index (Phi) is 9.28. The van der Waals surface area contributed by atoms with Crippen LogP contribution in [-0.4, -0.2) is 85.2 Å². The molecule has 0 saturated carbocycles. The highest BCUT2D eigenvalue weighted by Gasteiger charge is 2.73. The number of nitro groups is 1. The Hall–Kier alpha value is -4.47. The fourth-order valence-electron chi connectivity index (χ4n) is 3.98. The maximum absolute atomic E-state index is 14.6. The molecular weight excluding hydrogens is 652 g/mol. The number of rotatable bonds is 10. The molecule has 45 heavy (non-hydrogen) atoms. The molecule has 0 unspecified atom stereocenters. The number of nitrogens with zero attached hydrogens (tertiary/aromatic N) is 7. The number of benzene rings is 1. The maximum Gasteiger partial charge on any atom is 0.460 e. The minimum absolute atomic E-state index is 0.0600. The largest absolute Gasteiger partial charge is 0.460 e. The van der Waals surface area contributed by atoms with Crippen LogP contribution in [-0.2, 0) is 22.0 Å². The van der Waals surface area contributed by atoms with Crippen LogP contribution in [0.3, 0.4) is 0 Å². The van der Waals surface area contributed by atoms with Gasteiger partial charge in [-0.3, -0.25) is 19.7 Å². The molecule has 2 amide bonds. The summed E-state index contributed by atoms with van der Waals surface area (Å²) < 4.78 is 113. The quantitative estimate of drug-likeness (QED) is 0.190. The summed E-state index contributed by atoms with van der Waals surface area (Å²) in [6, 6.07) is 2.46. The highest BCUT2D eigenvalue weighted by molar-refractivity contribution is 7.99. The van der Waals surface area contributed by atoms with Crippen molar-refractivity contribution in [2.75, 3.05) is 25.5 Å². The summed E-state index contributed by atoms with van der Waals surface area (Å²) in [6.07, 6.45) is -6.42. The second-order valence-electron chi connectivity index (χ2n) is 9.30. The predicted molar refractivity (Wildman–Crippen MR) is 134 cm³/mol. The number of hydrogen-bond donors (Lipinski definition) is 1. The number of likely N-dealkylation sites (tertiary alicyclic amines) is 1. The molecule has 1 aromatic carbocycles. The Labute approximate surface area is 250 Å². The van der Waals surface area contributed by atoms with Crippen LogP contribution < -0.4 is 5.32 Å². The van der Waals surface area contributed by atoms with E-state index in [2.05, 4.69) is 20.5 Å². The molecule has 22 heteroatoms. The van der Waals surface area contributed by atoms with Gasteiger partial charge in [-0.15, -0.1) is 5.10 Å². The minimum atomic E-state index is -6.69. The van der Waals surface area contributed by atoms with Gasteiger partial charge in [-0.25, -0.2) is 14.1 Å². The summed E-state index contributed by atoms with van der Waals surface area (Å²) >= 11 is 0.656. The van der Waals surface area contributed by atoms with Crippen LogP contribution in [0.25, 0.3) is 0 Å². The van der Waals surface area contributed by atoms with Crippen LogP contribution in [0.2, 0.25) is 0 Å². The lowest BCUT2D eigenvalue weighted by atomic mass is 10.0. The maximum atomic E-state index is 14.6. The Morgan fingerprint density at radius 1 is 1.18 bits per heavy atom. The molecule has 242 valence electrons. The monoisotopic (exact) mass is 670 g/mol. The number of nitrogens with one attached hydrogen (secondary N) is 1. The molecule has 1 saturated heterocycles. The highest BCUT2D eigenvalue weighted by Crippen LogP contribution is 2.51. The number of hydrogen-bond acceptors (Lipinski definition) is 10. The van der Waals surface area contributed by atoms with Gasteiger partial charge in [0, 0.05) is 49.0 Å². The number of anilines is 1. The lowest BCUT2D eigenvalue weighted by Gasteiger charge is -2.28. The first-order chi connectivity index (χ1) is 21.0. The molecule has 0 aliphatic carbocycles. The van der Waals surface area contributed by atoms with Crippen LogP contribution in [0.5, 0.6) is 0 Å². The molecule has 1 atom stereocenters. The van der Waals surface area contributed by atoms with Crippen molar-refractivity contribution < 1.29 is 54.4 Å². The smallest absolute Gasteiger partial charge is 0.380 e. The van der Waals surface area contributed by atoms with Crippen molar-refractivity contribution in [1.29, 1.82) is 0 Å². The Balaban J connectivity index is 1.58. The SMILES string of the molecule is CO[C@@H]1CCN(C(=O)Cn2nnnc2Sc2ccc([N+](=O)[O-])cc2C(=O)Nc2ncc(C(F)(F)C(F)(F)C(F)(F)F)cc2F)C1. The Morgan fingerprint density at radius 2 is 1.89 bits per heavy atom. The number of carbonyl (C=O) groups excluding carboxylic acids is 2. The van der Waals surface area contributed by atoms with E-state index >= 15 is 0 Å². The lowest BCUT2D eigenvalue weighted by Crippen LogP contribution is -2.50. The van der Waals surface area contributed by atoms with Gasteiger partial charge in [0.15, 0.2) is 11.6 Å². The van der Waals surface area contributed by atoms with Gasteiger partial charge in [0.2, 0.25) is 11.1 Å². The molecule has 0 spiro atoms. The topological polar surface area (TPSA) is 158 Å². The number of ether oxygens (including phenoxy) is 1. The van der Waals surface area contributed by atoms with Crippen molar-refractivity contribution in [1.82, 2.24) is 30.1 Å². The van der Waals surface area contributed by atoms with E-state index in [1.54, 1.807) is 0 Å². The van der Waals surface area contributed by atoms with Gasteiger partial charge < -0.3 is 15.0 Å². The van der Waals surface area contributed by atoms with Gasteiger partial charge in [0.05, 0.1) is 16.6 Å². The highest BCUT2D eigenvalue weighted by atomic mass is 32.2. The van der Waals surface area contributed by atoms with E-state index in [0.717, 1.165) is 22.9 Å². The summed E-state index contributed by atoms with van der Waals surface area (Å²) in [5, 5.41) is 24.1. The van der Waals surface area contributed by atoms with E-state index < -0.39 is 57.3 Å². The van der Waals surface area contributed by atoms with Gasteiger partial charge in [-0.1, -0.05) is 0 Å². The second kappa shape index (κ2) is 12.5. The first kappa shape index (κ1) is 33.4. The van der Waals surface area contributed by atoms with Gasteiger partial charge in [-0.05, 0) is 40.7 Å². The third-order valence-electron chi connectivity index (χ3n) is 6.42. The number of pyridine rings is 1. The first-order valence-electron chi connectivity index (χ1n) is 12.3. The molecule has 1 fully saturated rings. The standard InChI is InChI=1S/C23H18F8N8O5S/c1-44-13-4-5-37(9-13)17(40)10-38-20(34-35-36-38)45-16-3-2-12(39(42)43)7-14(16)19(41)33-18-15(24)6-11(8-32-18)21(25,26)22(27,28)23(29,30)31/h2-3,6-8,13H,4-5,9-10H2,1H3,(H,32,33,41)/t13-/m1/s1. The van der Waals surface area contributed by atoms with Gasteiger partial charge >= 0.3 is 18.0 Å². The number of carbonyl (C=O) groups is 2. The summed E-state index contributed by atoms with van der Waals surface area (Å²) in [4.78, 5) is 40.7. The van der Waals surface area contributed by atoms with E-state index in [9.17, 15) is 54.8 Å². The van der Waals surface area contributed by atoms with Crippen molar-refractivity contribution in [2.24, 2.45) is 0 Å². The van der Waals surface area contributed by atoms with Crippen molar-refractivity contribution >= 4 is 35.1 Å². The molecule has 0 bridgehead atoms. The van der Waals surface area contributed by atoms with E-state index in [1.165, 1.54) is 12.0 Å². The lowest BCUT2D eigenvalue weighted by molar-refractivity contribution is -0.384. The molecule has 2 aromatic heterocycles. The molecule has 1 aliphatic heterocycles. The molecular formula is C23H18F8N8O5S. The molecule has 1 N–H and O–H groups in total. The van der Waals surface area contributed by atoms with Crippen molar-refractivity contribution in [3.63, 3.8) is 0 Å².